The standard InChI is InChI=1S/C18H28O3/c1-12(19)15-10-13-11-16(18(13,2)3)14(15)8-6-4-5-7-9-17(20)21/h4,6,13-16H,5,7-11H2,1-3H3,(H,20,21)/t13?,14-,15-,16?/m0/s1. The molecule has 3 saturated carbocycles. The highest BCUT2D eigenvalue weighted by molar-refractivity contribution is 5.79. The summed E-state index contributed by atoms with van der Waals surface area (Å²) in [6, 6.07) is 0. The van der Waals surface area contributed by atoms with Crippen molar-refractivity contribution in [2.24, 2.45) is 29.1 Å². The van der Waals surface area contributed by atoms with Gasteiger partial charge >= 0.3 is 5.97 Å². The molecule has 0 amide bonds. The zero-order valence-corrected chi connectivity index (χ0v) is 13.5. The molecule has 3 nitrogen and oxygen atoms in total. The summed E-state index contributed by atoms with van der Waals surface area (Å²) >= 11 is 0. The van der Waals surface area contributed by atoms with Crippen molar-refractivity contribution in [3.05, 3.63) is 12.2 Å². The number of carbonyl (C=O) groups is 2. The molecule has 118 valence electrons. The van der Waals surface area contributed by atoms with Crippen molar-refractivity contribution in [1.82, 2.24) is 0 Å². The Morgan fingerprint density at radius 3 is 2.52 bits per heavy atom. The number of carbonyl (C=O) groups excluding carboxylic acids is 1. The second kappa shape index (κ2) is 6.33. The van der Waals surface area contributed by atoms with Gasteiger partial charge in [0.05, 0.1) is 0 Å². The largest absolute Gasteiger partial charge is 0.481 e. The summed E-state index contributed by atoms with van der Waals surface area (Å²) in [6.45, 7) is 6.45. The highest BCUT2D eigenvalue weighted by Crippen LogP contribution is 2.63. The topological polar surface area (TPSA) is 54.4 Å². The number of aliphatic carboxylic acids is 1. The number of Topliss-reactive ketones (excluding diaryl/α,β-unsaturated/α-hetero) is 1. The van der Waals surface area contributed by atoms with Crippen molar-refractivity contribution in [2.75, 3.05) is 0 Å². The molecule has 0 aromatic carbocycles. The Hall–Kier alpha value is -1.12. The van der Waals surface area contributed by atoms with E-state index in [1.54, 1.807) is 6.92 Å². The van der Waals surface area contributed by atoms with E-state index in [2.05, 4.69) is 26.0 Å². The zero-order valence-electron chi connectivity index (χ0n) is 13.5. The van der Waals surface area contributed by atoms with Crippen LogP contribution in [0.15, 0.2) is 12.2 Å². The summed E-state index contributed by atoms with van der Waals surface area (Å²) in [7, 11) is 0. The van der Waals surface area contributed by atoms with E-state index in [0.717, 1.165) is 25.2 Å². The van der Waals surface area contributed by atoms with Crippen LogP contribution in [0.5, 0.6) is 0 Å². The van der Waals surface area contributed by atoms with Crippen molar-refractivity contribution in [2.45, 2.75) is 59.3 Å². The molecule has 3 aliphatic carbocycles. The summed E-state index contributed by atoms with van der Waals surface area (Å²) < 4.78 is 0. The van der Waals surface area contributed by atoms with Gasteiger partial charge in [0.25, 0.3) is 0 Å². The Balaban J connectivity index is 1.88. The normalized spacial score (nSPS) is 33.7. The average Bonchev–Trinajstić information content (AvgIpc) is 2.41. The summed E-state index contributed by atoms with van der Waals surface area (Å²) in [5, 5.41) is 8.61. The number of carboxylic acid groups (broad SMARTS) is 1. The Kier molecular flexibility index (Phi) is 4.90. The first-order chi connectivity index (χ1) is 9.84. The lowest BCUT2D eigenvalue weighted by Crippen LogP contribution is -2.56. The molecule has 0 saturated heterocycles. The monoisotopic (exact) mass is 292 g/mol. The number of hydrogen-bond donors (Lipinski definition) is 1. The smallest absolute Gasteiger partial charge is 0.303 e. The zero-order chi connectivity index (χ0) is 15.6. The van der Waals surface area contributed by atoms with Crippen molar-refractivity contribution in [1.29, 1.82) is 0 Å². The minimum absolute atomic E-state index is 0.237. The second-order valence-electron chi connectivity index (χ2n) is 7.47. The van der Waals surface area contributed by atoms with Gasteiger partial charge in [0.1, 0.15) is 5.78 Å². The number of hydrogen-bond acceptors (Lipinski definition) is 2. The summed E-state index contributed by atoms with van der Waals surface area (Å²) in [5.41, 5.74) is 0.397. The summed E-state index contributed by atoms with van der Waals surface area (Å²) in [5.74, 6) is 1.75. The van der Waals surface area contributed by atoms with Crippen LogP contribution in [0.25, 0.3) is 0 Å². The van der Waals surface area contributed by atoms with Gasteiger partial charge < -0.3 is 5.11 Å². The fourth-order valence-electron chi connectivity index (χ4n) is 4.48. The Morgan fingerprint density at radius 1 is 1.24 bits per heavy atom. The van der Waals surface area contributed by atoms with Crippen LogP contribution in [-0.4, -0.2) is 16.9 Å². The van der Waals surface area contributed by atoms with Crippen molar-refractivity contribution >= 4 is 11.8 Å². The first kappa shape index (κ1) is 16.3. The van der Waals surface area contributed by atoms with E-state index in [-0.39, 0.29) is 12.3 Å². The van der Waals surface area contributed by atoms with Gasteiger partial charge in [0.15, 0.2) is 0 Å². The van der Waals surface area contributed by atoms with E-state index in [0.29, 0.717) is 29.5 Å². The van der Waals surface area contributed by atoms with Gasteiger partial charge in [-0.25, -0.2) is 0 Å². The predicted molar refractivity (Wildman–Crippen MR) is 82.9 cm³/mol. The molecular weight excluding hydrogens is 264 g/mol. The van der Waals surface area contributed by atoms with Crippen molar-refractivity contribution in [3.63, 3.8) is 0 Å². The van der Waals surface area contributed by atoms with Gasteiger partial charge in [0, 0.05) is 12.3 Å². The number of allylic oxidation sites excluding steroid dienone is 2. The SMILES string of the molecule is CC(=O)[C@@H]1CC2CC([C@H]1CC=CCCCC(=O)O)C2(C)C. The quantitative estimate of drug-likeness (QED) is 0.568. The lowest BCUT2D eigenvalue weighted by molar-refractivity contribution is -0.152. The fourth-order valence-corrected chi connectivity index (χ4v) is 4.48. The van der Waals surface area contributed by atoms with E-state index in [1.165, 1.54) is 6.42 Å². The highest BCUT2D eigenvalue weighted by atomic mass is 16.4. The van der Waals surface area contributed by atoms with Crippen LogP contribution in [0.3, 0.4) is 0 Å². The van der Waals surface area contributed by atoms with Gasteiger partial charge in [0.2, 0.25) is 0 Å². The molecule has 0 aromatic rings. The molecule has 3 heteroatoms. The predicted octanol–water partition coefficient (Wildman–Crippen LogP) is 4.08. The number of fused-ring (bicyclic) bond motifs is 2. The molecule has 0 heterocycles. The number of carboxylic acids is 1. The second-order valence-corrected chi connectivity index (χ2v) is 7.47. The third-order valence-corrected chi connectivity index (χ3v) is 5.98. The summed E-state index contributed by atoms with van der Waals surface area (Å²) in [6.07, 6.45) is 9.35. The number of unbranched alkanes of at least 4 members (excludes halogenated alkanes) is 1. The Morgan fingerprint density at radius 2 is 1.95 bits per heavy atom. The number of rotatable bonds is 7. The van der Waals surface area contributed by atoms with Crippen LogP contribution in [0.2, 0.25) is 0 Å². The maximum Gasteiger partial charge on any atom is 0.303 e. The average molecular weight is 292 g/mol. The molecule has 21 heavy (non-hydrogen) atoms. The van der Waals surface area contributed by atoms with Gasteiger partial charge in [-0.2, -0.15) is 0 Å². The van der Waals surface area contributed by atoms with Gasteiger partial charge in [-0.15, -0.1) is 0 Å². The minimum Gasteiger partial charge on any atom is -0.481 e. The van der Waals surface area contributed by atoms with Gasteiger partial charge in [-0.1, -0.05) is 26.0 Å². The first-order valence-electron chi connectivity index (χ1n) is 8.21. The van der Waals surface area contributed by atoms with E-state index in [1.807, 2.05) is 0 Å². The van der Waals surface area contributed by atoms with E-state index in [4.69, 9.17) is 5.11 Å². The lowest BCUT2D eigenvalue weighted by atomic mass is 9.42. The molecule has 4 atom stereocenters. The van der Waals surface area contributed by atoms with Gasteiger partial charge in [-0.05, 0) is 62.2 Å². The van der Waals surface area contributed by atoms with Crippen LogP contribution in [-0.2, 0) is 9.59 Å². The van der Waals surface area contributed by atoms with Crippen molar-refractivity contribution in [3.8, 4) is 0 Å². The molecule has 0 aliphatic heterocycles. The van der Waals surface area contributed by atoms with Crippen LogP contribution in [0.4, 0.5) is 0 Å². The third-order valence-electron chi connectivity index (χ3n) is 5.98. The van der Waals surface area contributed by atoms with E-state index in [9.17, 15) is 9.59 Å². The molecule has 3 fully saturated rings. The van der Waals surface area contributed by atoms with Crippen LogP contribution >= 0.6 is 0 Å². The molecule has 0 radical (unpaired) electrons. The van der Waals surface area contributed by atoms with Crippen LogP contribution in [0.1, 0.15) is 59.3 Å². The molecular formula is C18H28O3. The molecule has 2 bridgehead atoms. The van der Waals surface area contributed by atoms with E-state index >= 15 is 0 Å². The van der Waals surface area contributed by atoms with Crippen LogP contribution in [0, 0.1) is 29.1 Å². The molecule has 3 aliphatic rings. The molecule has 3 rings (SSSR count). The third kappa shape index (κ3) is 3.38. The lowest BCUT2D eigenvalue weighted by Gasteiger charge is -2.62. The first-order valence-corrected chi connectivity index (χ1v) is 8.21. The molecule has 1 N–H and O–H groups in total. The molecule has 0 aromatic heterocycles. The molecule has 2 unspecified atom stereocenters. The summed E-state index contributed by atoms with van der Waals surface area (Å²) in [4.78, 5) is 22.4. The van der Waals surface area contributed by atoms with Crippen molar-refractivity contribution < 1.29 is 14.7 Å². The maximum absolute atomic E-state index is 11.9. The highest BCUT2D eigenvalue weighted by Gasteiger charge is 2.57. The van der Waals surface area contributed by atoms with Gasteiger partial charge in [-0.3, -0.25) is 9.59 Å². The van der Waals surface area contributed by atoms with E-state index < -0.39 is 5.97 Å². The Labute approximate surface area is 127 Å². The molecule has 0 spiro atoms. The fraction of sp³-hybridized carbons (Fsp3) is 0.778. The number of ketones is 1. The Bertz CT molecular complexity index is 436. The maximum atomic E-state index is 11.9. The minimum atomic E-state index is -0.727. The van der Waals surface area contributed by atoms with Crippen LogP contribution < -0.4 is 0 Å².